The molecule has 0 saturated carbocycles. The van der Waals surface area contributed by atoms with Crippen LogP contribution >= 0.6 is 0 Å². The van der Waals surface area contributed by atoms with Gasteiger partial charge in [-0.25, -0.2) is 0 Å². The number of aliphatic hydroxyl groups excluding tert-OH is 1. The molecular weight excluding hydrogens is 356 g/mol. The Morgan fingerprint density at radius 2 is 1.96 bits per heavy atom. The van der Waals surface area contributed by atoms with Crippen molar-refractivity contribution < 1.29 is 24.5 Å². The number of ether oxygens (including phenoxy) is 1. The summed E-state index contributed by atoms with van der Waals surface area (Å²) >= 11 is 0. The van der Waals surface area contributed by atoms with Gasteiger partial charge in [0.05, 0.1) is 6.10 Å². The summed E-state index contributed by atoms with van der Waals surface area (Å²) in [6.45, 7) is 3.94. The Morgan fingerprint density at radius 1 is 1.18 bits per heavy atom. The zero-order chi connectivity index (χ0) is 20.8. The van der Waals surface area contributed by atoms with Crippen LogP contribution in [0.25, 0.3) is 0 Å². The number of hydrogen-bond acceptors (Lipinski definition) is 4. The summed E-state index contributed by atoms with van der Waals surface area (Å²) in [7, 11) is 0. The first-order chi connectivity index (χ1) is 13.4. The lowest BCUT2D eigenvalue weighted by Gasteiger charge is -2.15. The molecule has 0 bridgehead atoms. The van der Waals surface area contributed by atoms with Gasteiger partial charge in [0.25, 0.3) is 0 Å². The van der Waals surface area contributed by atoms with Gasteiger partial charge < -0.3 is 14.9 Å². The largest absolute Gasteiger partial charge is 0.491 e. The summed E-state index contributed by atoms with van der Waals surface area (Å²) < 4.78 is 5.66. The predicted molar refractivity (Wildman–Crippen MR) is 111 cm³/mol. The van der Waals surface area contributed by atoms with E-state index in [-0.39, 0.29) is 24.7 Å². The molecule has 1 rings (SSSR count). The van der Waals surface area contributed by atoms with E-state index in [4.69, 9.17) is 9.84 Å². The Kier molecular flexibility index (Phi) is 11.9. The number of carboxylic acids is 1. The number of carbonyl (C=O) groups is 2. The molecular formula is C23H34O5. The van der Waals surface area contributed by atoms with Gasteiger partial charge in [-0.3, -0.25) is 9.59 Å². The second-order valence-corrected chi connectivity index (χ2v) is 7.20. The highest BCUT2D eigenvalue weighted by Crippen LogP contribution is 2.18. The summed E-state index contributed by atoms with van der Waals surface area (Å²) in [5, 5.41) is 18.7. The molecule has 28 heavy (non-hydrogen) atoms. The maximum absolute atomic E-state index is 11.8. The van der Waals surface area contributed by atoms with Crippen molar-refractivity contribution in [1.82, 2.24) is 0 Å². The van der Waals surface area contributed by atoms with E-state index in [0.29, 0.717) is 25.7 Å². The van der Waals surface area contributed by atoms with Crippen LogP contribution in [0.4, 0.5) is 0 Å². The van der Waals surface area contributed by atoms with Crippen LogP contribution in [0.3, 0.4) is 0 Å². The molecule has 0 heterocycles. The van der Waals surface area contributed by atoms with Crippen molar-refractivity contribution in [3.63, 3.8) is 0 Å². The molecule has 2 atom stereocenters. The van der Waals surface area contributed by atoms with Gasteiger partial charge >= 0.3 is 5.97 Å². The van der Waals surface area contributed by atoms with Crippen molar-refractivity contribution >= 4 is 11.8 Å². The molecule has 0 aliphatic rings. The zero-order valence-electron chi connectivity index (χ0n) is 17.1. The Hall–Kier alpha value is -2.14. The van der Waals surface area contributed by atoms with E-state index in [1.165, 1.54) is 5.56 Å². The lowest BCUT2D eigenvalue weighted by Crippen LogP contribution is -2.18. The van der Waals surface area contributed by atoms with Crippen LogP contribution in [-0.2, 0) is 16.0 Å². The number of ketones is 1. The molecule has 2 unspecified atom stereocenters. The third-order valence-corrected chi connectivity index (χ3v) is 4.76. The number of aliphatic carboxylic acids is 1. The smallest absolute Gasteiger partial charge is 0.303 e. The van der Waals surface area contributed by atoms with Gasteiger partial charge in [-0.15, -0.1) is 0 Å². The van der Waals surface area contributed by atoms with Crippen LogP contribution in [0.2, 0.25) is 0 Å². The highest BCUT2D eigenvalue weighted by molar-refractivity contribution is 5.78. The second kappa shape index (κ2) is 13.9. The van der Waals surface area contributed by atoms with E-state index in [2.05, 4.69) is 6.92 Å². The summed E-state index contributed by atoms with van der Waals surface area (Å²) in [5.74, 6) is 0.0889. The maximum Gasteiger partial charge on any atom is 0.303 e. The number of Topliss-reactive ketones (excluding diaryl/α,β-unsaturated/α-hetero) is 1. The van der Waals surface area contributed by atoms with Crippen molar-refractivity contribution in [2.75, 3.05) is 6.61 Å². The zero-order valence-corrected chi connectivity index (χ0v) is 17.1. The Bertz CT molecular complexity index is 623. The van der Waals surface area contributed by atoms with Gasteiger partial charge in [0.15, 0.2) is 0 Å². The van der Waals surface area contributed by atoms with E-state index in [1.807, 2.05) is 36.4 Å². The minimum atomic E-state index is -0.782. The molecule has 0 aliphatic heterocycles. The van der Waals surface area contributed by atoms with Crippen LogP contribution in [0.15, 0.2) is 36.4 Å². The molecule has 0 spiro atoms. The summed E-state index contributed by atoms with van der Waals surface area (Å²) in [6, 6.07) is 7.88. The normalized spacial score (nSPS) is 13.4. The highest BCUT2D eigenvalue weighted by atomic mass is 16.5. The minimum absolute atomic E-state index is 0.0509. The molecule has 0 aliphatic carbocycles. The SMILES string of the molecule is CCc1cccc(OCC(O)CCCC(C/C=C\CCCC(=O)O)C(C)=O)c1. The average molecular weight is 391 g/mol. The Labute approximate surface area is 168 Å². The van der Waals surface area contributed by atoms with Crippen molar-refractivity contribution in [1.29, 1.82) is 0 Å². The molecule has 0 saturated heterocycles. The fourth-order valence-electron chi connectivity index (χ4n) is 2.97. The fraction of sp³-hybridized carbons (Fsp3) is 0.565. The maximum atomic E-state index is 11.8. The van der Waals surface area contributed by atoms with Gasteiger partial charge in [0.1, 0.15) is 18.1 Å². The van der Waals surface area contributed by atoms with Crippen molar-refractivity contribution in [2.45, 2.75) is 71.3 Å². The number of rotatable bonds is 15. The van der Waals surface area contributed by atoms with E-state index < -0.39 is 12.1 Å². The molecule has 156 valence electrons. The summed E-state index contributed by atoms with van der Waals surface area (Å²) in [4.78, 5) is 22.3. The molecule has 0 amide bonds. The number of aliphatic hydroxyl groups is 1. The number of unbranched alkanes of at least 4 members (excludes halogenated alkanes) is 1. The van der Waals surface area contributed by atoms with Gasteiger partial charge in [0, 0.05) is 12.3 Å². The fourth-order valence-corrected chi connectivity index (χ4v) is 2.97. The molecule has 1 aromatic rings. The van der Waals surface area contributed by atoms with E-state index in [0.717, 1.165) is 25.0 Å². The van der Waals surface area contributed by atoms with Gasteiger partial charge in [-0.1, -0.05) is 37.6 Å². The Balaban J connectivity index is 2.26. The highest BCUT2D eigenvalue weighted by Gasteiger charge is 2.14. The third-order valence-electron chi connectivity index (χ3n) is 4.76. The van der Waals surface area contributed by atoms with E-state index >= 15 is 0 Å². The van der Waals surface area contributed by atoms with Crippen LogP contribution in [0.1, 0.15) is 64.4 Å². The van der Waals surface area contributed by atoms with Crippen LogP contribution < -0.4 is 4.74 Å². The first-order valence-corrected chi connectivity index (χ1v) is 10.2. The van der Waals surface area contributed by atoms with Crippen molar-refractivity contribution in [3.05, 3.63) is 42.0 Å². The van der Waals surface area contributed by atoms with Gasteiger partial charge in [-0.2, -0.15) is 0 Å². The number of aryl methyl sites for hydroxylation is 1. The van der Waals surface area contributed by atoms with Crippen LogP contribution in [-0.4, -0.2) is 34.7 Å². The van der Waals surface area contributed by atoms with Gasteiger partial charge in [-0.05, 0) is 63.1 Å². The second-order valence-electron chi connectivity index (χ2n) is 7.20. The molecule has 5 heteroatoms. The predicted octanol–water partition coefficient (Wildman–Crippen LogP) is 4.57. The Morgan fingerprint density at radius 3 is 2.64 bits per heavy atom. The molecule has 5 nitrogen and oxygen atoms in total. The van der Waals surface area contributed by atoms with E-state index in [1.54, 1.807) is 6.92 Å². The van der Waals surface area contributed by atoms with E-state index in [9.17, 15) is 14.7 Å². The number of allylic oxidation sites excluding steroid dienone is 2. The molecule has 2 N–H and O–H groups in total. The molecule has 0 aromatic heterocycles. The minimum Gasteiger partial charge on any atom is -0.491 e. The molecule has 0 fully saturated rings. The number of carboxylic acid groups (broad SMARTS) is 1. The first-order valence-electron chi connectivity index (χ1n) is 10.2. The lowest BCUT2D eigenvalue weighted by atomic mass is 9.93. The van der Waals surface area contributed by atoms with Gasteiger partial charge in [0.2, 0.25) is 0 Å². The average Bonchev–Trinajstić information content (AvgIpc) is 2.67. The lowest BCUT2D eigenvalue weighted by molar-refractivity contribution is -0.137. The first kappa shape index (κ1) is 23.9. The van der Waals surface area contributed by atoms with Crippen molar-refractivity contribution in [3.8, 4) is 5.75 Å². The number of carbonyl (C=O) groups excluding carboxylic acids is 1. The summed E-state index contributed by atoms with van der Waals surface area (Å²) in [6.07, 6.45) is 8.57. The van der Waals surface area contributed by atoms with Crippen LogP contribution in [0.5, 0.6) is 5.75 Å². The monoisotopic (exact) mass is 390 g/mol. The van der Waals surface area contributed by atoms with Crippen LogP contribution in [0, 0.1) is 5.92 Å². The standard InChI is InChI=1S/C23H34O5/c1-3-19-10-8-14-22(16-19)28-17-21(25)13-9-12-20(18(2)24)11-6-4-5-7-15-23(26)27/h4,6,8,10,14,16,20-21,25H,3,5,7,9,11-13,15,17H2,1-2H3,(H,26,27)/b6-4-. The number of hydrogen-bond donors (Lipinski definition) is 2. The van der Waals surface area contributed by atoms with Crippen molar-refractivity contribution in [2.24, 2.45) is 5.92 Å². The quantitative estimate of drug-likeness (QED) is 0.339. The number of benzene rings is 1. The third kappa shape index (κ3) is 10.9. The molecule has 1 aromatic carbocycles. The summed E-state index contributed by atoms with van der Waals surface area (Å²) in [5.41, 5.74) is 1.20. The molecule has 0 radical (unpaired) electrons. The topological polar surface area (TPSA) is 83.8 Å².